The number of hydrogen-bond acceptors (Lipinski definition) is 2. The third kappa shape index (κ3) is 7.55. The lowest BCUT2D eigenvalue weighted by Gasteiger charge is -2.24. The summed E-state index contributed by atoms with van der Waals surface area (Å²) in [4.78, 5) is 14.0. The van der Waals surface area contributed by atoms with Gasteiger partial charge >= 0.3 is 12.4 Å². The summed E-state index contributed by atoms with van der Waals surface area (Å²) in [6.07, 6.45) is -5.02. The van der Waals surface area contributed by atoms with Crippen LogP contribution in [0.25, 0.3) is 4.91 Å². The maximum absolute atomic E-state index is 13.2. The molecule has 186 valence electrons. The molecule has 0 radical (unpaired) electrons. The summed E-state index contributed by atoms with van der Waals surface area (Å²) in [5.74, 6) is -0.710. The summed E-state index contributed by atoms with van der Waals surface area (Å²) in [6, 6.07) is 5.05. The van der Waals surface area contributed by atoms with Crippen molar-refractivity contribution in [2.75, 3.05) is 6.54 Å². The molecule has 1 aliphatic rings. The van der Waals surface area contributed by atoms with Gasteiger partial charge in [0.25, 0.3) is 0 Å². The predicted molar refractivity (Wildman–Crippen MR) is 125 cm³/mol. The van der Waals surface area contributed by atoms with Crippen LogP contribution in [0.15, 0.2) is 64.6 Å². The molecule has 0 fully saturated rings. The molecule has 1 amide bonds. The van der Waals surface area contributed by atoms with E-state index in [2.05, 4.69) is 11.9 Å². The standard InChI is InChI=1S/C25H27F6NOS/c1-5-6-8-19(12-16(3)24(26,27)28)23(33)32-14-21-11-15(2)17(4)22(34-21)18-9-7-10-20(13-18)25(29,30)31/h7,9-13,15H,3,5-6,8,14H2,1-2,4H3,(H,32,33)/b19-12+. The minimum atomic E-state index is -4.63. The highest BCUT2D eigenvalue weighted by Gasteiger charge is 2.32. The number of unbranched alkanes of at least 4 members (excludes halogenated alkanes) is 1. The maximum atomic E-state index is 13.2. The Kier molecular flexibility index (Phi) is 9.28. The van der Waals surface area contributed by atoms with E-state index in [-0.39, 0.29) is 24.5 Å². The van der Waals surface area contributed by atoms with E-state index < -0.39 is 29.4 Å². The van der Waals surface area contributed by atoms with Crippen LogP contribution in [0.1, 0.15) is 51.2 Å². The van der Waals surface area contributed by atoms with Gasteiger partial charge in [-0.3, -0.25) is 4.79 Å². The van der Waals surface area contributed by atoms with Gasteiger partial charge in [-0.25, -0.2) is 0 Å². The third-order valence-electron chi connectivity index (χ3n) is 5.39. The average Bonchev–Trinajstić information content (AvgIpc) is 2.75. The van der Waals surface area contributed by atoms with E-state index >= 15 is 0 Å². The molecule has 1 atom stereocenters. The van der Waals surface area contributed by atoms with Crippen LogP contribution in [0.2, 0.25) is 0 Å². The molecule has 0 spiro atoms. The van der Waals surface area contributed by atoms with Gasteiger partial charge in [-0.15, -0.1) is 0 Å². The molecule has 1 aromatic rings. The molecule has 1 unspecified atom stereocenters. The van der Waals surface area contributed by atoms with Crippen molar-refractivity contribution in [3.8, 4) is 0 Å². The summed E-state index contributed by atoms with van der Waals surface area (Å²) in [7, 11) is 0. The molecule has 0 saturated heterocycles. The first kappa shape index (κ1) is 27.8. The van der Waals surface area contributed by atoms with Gasteiger partial charge in [-0.1, -0.05) is 62.4 Å². The van der Waals surface area contributed by atoms with Crippen molar-refractivity contribution >= 4 is 22.6 Å². The van der Waals surface area contributed by atoms with Crippen LogP contribution in [0.5, 0.6) is 0 Å². The molecule has 0 aromatic heterocycles. The number of halogens is 6. The van der Waals surface area contributed by atoms with E-state index in [4.69, 9.17) is 0 Å². The second-order valence-electron chi connectivity index (χ2n) is 8.09. The molecule has 1 heterocycles. The Labute approximate surface area is 199 Å². The summed E-state index contributed by atoms with van der Waals surface area (Å²) in [5, 5.41) is 2.65. The molecule has 0 aliphatic carbocycles. The number of hydrogen-bond donors (Lipinski definition) is 1. The van der Waals surface area contributed by atoms with Crippen LogP contribution in [-0.4, -0.2) is 18.6 Å². The molecule has 2 rings (SSSR count). The molecule has 0 bridgehead atoms. The van der Waals surface area contributed by atoms with Gasteiger partial charge in [0, 0.05) is 27.5 Å². The van der Waals surface area contributed by atoms with Gasteiger partial charge in [0.15, 0.2) is 0 Å². The number of allylic oxidation sites excluding steroid dienone is 4. The molecule has 2 nitrogen and oxygen atoms in total. The number of carbonyl (C=O) groups excluding carboxylic acids is 1. The minimum absolute atomic E-state index is 0.0107. The van der Waals surface area contributed by atoms with E-state index in [0.29, 0.717) is 28.2 Å². The summed E-state index contributed by atoms with van der Waals surface area (Å²) >= 11 is 1.25. The number of thioether (sulfide) groups is 1. The van der Waals surface area contributed by atoms with Crippen molar-refractivity contribution in [2.45, 2.75) is 52.4 Å². The van der Waals surface area contributed by atoms with Gasteiger partial charge in [0.2, 0.25) is 5.91 Å². The lowest BCUT2D eigenvalue weighted by atomic mass is 9.98. The lowest BCUT2D eigenvalue weighted by molar-refractivity contribution is -0.137. The van der Waals surface area contributed by atoms with Gasteiger partial charge in [-0.2, -0.15) is 26.3 Å². The molecule has 34 heavy (non-hydrogen) atoms. The first-order chi connectivity index (χ1) is 15.7. The number of carbonyl (C=O) groups is 1. The second-order valence-corrected chi connectivity index (χ2v) is 9.23. The van der Waals surface area contributed by atoms with Gasteiger partial charge in [0.1, 0.15) is 0 Å². The number of benzene rings is 1. The second kappa shape index (κ2) is 11.3. The summed E-state index contributed by atoms with van der Waals surface area (Å²) in [6.45, 7) is 8.65. The normalized spacial score (nSPS) is 17.5. The monoisotopic (exact) mass is 503 g/mol. The fourth-order valence-electron chi connectivity index (χ4n) is 3.27. The van der Waals surface area contributed by atoms with Crippen LogP contribution in [-0.2, 0) is 11.0 Å². The van der Waals surface area contributed by atoms with Crippen LogP contribution >= 0.6 is 11.8 Å². The topological polar surface area (TPSA) is 29.1 Å². The number of alkyl halides is 6. The van der Waals surface area contributed by atoms with Crippen molar-refractivity contribution in [3.05, 3.63) is 75.7 Å². The molecule has 1 aromatic carbocycles. The fourth-order valence-corrected chi connectivity index (χ4v) is 4.54. The minimum Gasteiger partial charge on any atom is -0.348 e. The van der Waals surface area contributed by atoms with Crippen LogP contribution in [0, 0.1) is 5.92 Å². The lowest BCUT2D eigenvalue weighted by Crippen LogP contribution is -2.28. The molecular formula is C25H27F6NOS. The summed E-state index contributed by atoms with van der Waals surface area (Å²) in [5.41, 5.74) is -0.545. The molecular weight excluding hydrogens is 476 g/mol. The first-order valence-electron chi connectivity index (χ1n) is 10.8. The molecule has 0 saturated carbocycles. The van der Waals surface area contributed by atoms with E-state index in [0.717, 1.165) is 23.8 Å². The molecule has 1 aliphatic heterocycles. The Hall–Kier alpha value is -2.42. The highest BCUT2D eigenvalue weighted by molar-refractivity contribution is 8.11. The quantitative estimate of drug-likeness (QED) is 0.221. The third-order valence-corrected chi connectivity index (χ3v) is 6.69. The van der Waals surface area contributed by atoms with E-state index in [9.17, 15) is 31.1 Å². The van der Waals surface area contributed by atoms with Crippen LogP contribution in [0.3, 0.4) is 0 Å². The molecule has 1 N–H and O–H groups in total. The van der Waals surface area contributed by atoms with Crippen LogP contribution < -0.4 is 5.32 Å². The average molecular weight is 504 g/mol. The number of rotatable bonds is 8. The Morgan fingerprint density at radius 2 is 1.88 bits per heavy atom. The van der Waals surface area contributed by atoms with E-state index in [1.807, 2.05) is 26.8 Å². The van der Waals surface area contributed by atoms with E-state index in [1.165, 1.54) is 17.8 Å². The van der Waals surface area contributed by atoms with Gasteiger partial charge in [-0.05, 0) is 49.5 Å². The van der Waals surface area contributed by atoms with Crippen molar-refractivity contribution in [2.24, 2.45) is 5.92 Å². The molecule has 9 heteroatoms. The zero-order chi connectivity index (χ0) is 25.7. The predicted octanol–water partition coefficient (Wildman–Crippen LogP) is 8.05. The summed E-state index contributed by atoms with van der Waals surface area (Å²) < 4.78 is 78.2. The highest BCUT2D eigenvalue weighted by atomic mass is 32.2. The van der Waals surface area contributed by atoms with Crippen LogP contribution in [0.4, 0.5) is 26.3 Å². The van der Waals surface area contributed by atoms with Crippen molar-refractivity contribution < 1.29 is 31.1 Å². The largest absolute Gasteiger partial charge is 0.416 e. The van der Waals surface area contributed by atoms with Crippen molar-refractivity contribution in [1.29, 1.82) is 0 Å². The Bertz CT molecular complexity index is 1020. The van der Waals surface area contributed by atoms with Crippen molar-refractivity contribution in [3.63, 3.8) is 0 Å². The first-order valence-corrected chi connectivity index (χ1v) is 11.6. The zero-order valence-electron chi connectivity index (χ0n) is 19.2. The fraction of sp³-hybridized carbons (Fsp3) is 0.400. The maximum Gasteiger partial charge on any atom is 0.416 e. The highest BCUT2D eigenvalue weighted by Crippen LogP contribution is 2.44. The number of amides is 1. The van der Waals surface area contributed by atoms with Gasteiger partial charge < -0.3 is 5.32 Å². The SMILES string of the molecule is C=C(/C=C(\CCCC)C(=O)NCC1=CC(C)C(C)=C(c2cccc(C(F)(F)F)c2)S1)C(F)(F)F. The van der Waals surface area contributed by atoms with Crippen molar-refractivity contribution in [1.82, 2.24) is 5.32 Å². The smallest absolute Gasteiger partial charge is 0.348 e. The Morgan fingerprint density at radius 3 is 2.47 bits per heavy atom. The zero-order valence-corrected chi connectivity index (χ0v) is 20.0. The number of nitrogens with one attached hydrogen (secondary N) is 1. The van der Waals surface area contributed by atoms with Gasteiger partial charge in [0.05, 0.1) is 5.56 Å². The Morgan fingerprint density at radius 1 is 1.21 bits per heavy atom. The van der Waals surface area contributed by atoms with E-state index in [1.54, 1.807) is 6.07 Å². The Balaban J connectivity index is 2.18.